The second-order valence-corrected chi connectivity index (χ2v) is 13.5. The van der Waals surface area contributed by atoms with Crippen LogP contribution in [0.15, 0.2) is 194 Å². The Kier molecular flexibility index (Phi) is 7.10. The van der Waals surface area contributed by atoms with E-state index in [9.17, 15) is 4.39 Å². The highest BCUT2D eigenvalue weighted by Crippen LogP contribution is 2.54. The molecule has 0 fully saturated rings. The van der Waals surface area contributed by atoms with Crippen molar-refractivity contribution < 1.29 is 4.39 Å². The molecule has 0 N–H and O–H groups in total. The molecule has 0 amide bonds. The molecule has 0 aliphatic heterocycles. The molecule has 0 saturated heterocycles. The van der Waals surface area contributed by atoms with Gasteiger partial charge in [0.05, 0.1) is 16.7 Å². The van der Waals surface area contributed by atoms with Crippen LogP contribution in [0, 0.1) is 5.82 Å². The Morgan fingerprint density at radius 3 is 1.98 bits per heavy atom. The van der Waals surface area contributed by atoms with Crippen LogP contribution >= 0.6 is 0 Å². The molecule has 2 nitrogen and oxygen atoms in total. The largest absolute Gasteiger partial charge is 0.310 e. The van der Waals surface area contributed by atoms with Crippen LogP contribution in [0.5, 0.6) is 0 Å². The van der Waals surface area contributed by atoms with Crippen molar-refractivity contribution >= 4 is 38.9 Å². The maximum absolute atomic E-state index is 14.0. The molecule has 1 aliphatic rings. The Balaban J connectivity index is 1.25. The Bertz CT molecular complexity index is 2750. The van der Waals surface area contributed by atoms with E-state index in [-0.39, 0.29) is 11.7 Å². The first-order valence-electron chi connectivity index (χ1n) is 17.7. The third-order valence-electron chi connectivity index (χ3n) is 10.5. The fourth-order valence-corrected chi connectivity index (χ4v) is 8.28. The summed E-state index contributed by atoms with van der Waals surface area (Å²) in [7, 11) is 0. The quantitative estimate of drug-likeness (QED) is 0.171. The summed E-state index contributed by atoms with van der Waals surface area (Å²) in [6, 6.07) is 67.9. The van der Waals surface area contributed by atoms with Crippen molar-refractivity contribution in [1.82, 2.24) is 4.57 Å². The summed E-state index contributed by atoms with van der Waals surface area (Å²) in [5.74, 6) is -0.175. The Labute approximate surface area is 302 Å². The number of rotatable bonds is 6. The molecule has 0 spiro atoms. The Morgan fingerprint density at radius 1 is 0.462 bits per heavy atom. The molecular formula is C49H33FN2. The molecule has 0 bridgehead atoms. The average Bonchev–Trinajstić information content (AvgIpc) is 3.72. The van der Waals surface area contributed by atoms with Gasteiger partial charge >= 0.3 is 0 Å². The van der Waals surface area contributed by atoms with Crippen LogP contribution < -0.4 is 4.90 Å². The van der Waals surface area contributed by atoms with Crippen molar-refractivity contribution in [3.63, 3.8) is 0 Å². The van der Waals surface area contributed by atoms with Crippen LogP contribution in [0.25, 0.3) is 49.7 Å². The highest BCUT2D eigenvalue weighted by atomic mass is 19.1. The van der Waals surface area contributed by atoms with Gasteiger partial charge in [0.2, 0.25) is 0 Å². The third kappa shape index (κ3) is 4.85. The normalized spacial score (nSPS) is 13.3. The molecule has 0 radical (unpaired) electrons. The van der Waals surface area contributed by atoms with Gasteiger partial charge in [-0.05, 0) is 106 Å². The van der Waals surface area contributed by atoms with Gasteiger partial charge in [0.25, 0.3) is 0 Å². The Morgan fingerprint density at radius 2 is 1.13 bits per heavy atom. The fraction of sp³-hybridized carbons (Fsp3) is 0.0204. The number of halogens is 1. The minimum absolute atomic E-state index is 0.0649. The molecule has 8 aromatic carbocycles. The first-order valence-corrected chi connectivity index (χ1v) is 17.7. The molecule has 3 heteroatoms. The average molecular weight is 669 g/mol. The van der Waals surface area contributed by atoms with E-state index in [0.717, 1.165) is 39.4 Å². The zero-order chi connectivity index (χ0) is 34.6. The van der Waals surface area contributed by atoms with E-state index in [1.54, 1.807) is 0 Å². The lowest BCUT2D eigenvalue weighted by Gasteiger charge is -2.30. The minimum atomic E-state index is -0.240. The number of anilines is 3. The number of hydrogen-bond donors (Lipinski definition) is 0. The first kappa shape index (κ1) is 30.1. The molecular weight excluding hydrogens is 636 g/mol. The lowest BCUT2D eigenvalue weighted by molar-refractivity contribution is 0.628. The highest BCUT2D eigenvalue weighted by molar-refractivity contribution is 6.11. The summed E-state index contributed by atoms with van der Waals surface area (Å²) in [6.07, 6.45) is 0. The summed E-state index contributed by atoms with van der Waals surface area (Å²) in [4.78, 5) is 2.42. The smallest absolute Gasteiger partial charge is 0.123 e. The van der Waals surface area contributed by atoms with Crippen molar-refractivity contribution in [3.05, 3.63) is 217 Å². The van der Waals surface area contributed by atoms with Crippen molar-refractivity contribution in [2.75, 3.05) is 4.90 Å². The highest BCUT2D eigenvalue weighted by Gasteiger charge is 2.34. The summed E-state index contributed by atoms with van der Waals surface area (Å²) in [5, 5.41) is 2.39. The molecule has 0 saturated carbocycles. The number of hydrogen-bond acceptors (Lipinski definition) is 1. The van der Waals surface area contributed by atoms with E-state index in [0.29, 0.717) is 0 Å². The number of benzene rings is 8. The van der Waals surface area contributed by atoms with Crippen LogP contribution in [-0.4, -0.2) is 4.57 Å². The maximum Gasteiger partial charge on any atom is 0.123 e. The van der Waals surface area contributed by atoms with Crippen LogP contribution in [0.4, 0.5) is 21.5 Å². The molecule has 1 aromatic heterocycles. The molecule has 1 aliphatic carbocycles. The number of fused-ring (bicyclic) bond motifs is 6. The standard InChI is InChI=1S/C49H33FN2/c50-36-27-25-33(26-28-36)35-15-11-18-38(31-35)51(39-29-30-46-44(32-39)41-20-9-10-23-45(41)52(46)37-16-5-2-6-17-37)47-24-12-22-43-40-19-7-8-21-42(40)48(49(43)47)34-13-3-1-4-14-34/h1-32,48H. The zero-order valence-corrected chi connectivity index (χ0v) is 28.3. The van der Waals surface area contributed by atoms with Gasteiger partial charge in [0.1, 0.15) is 5.82 Å². The number of aromatic nitrogens is 1. The second-order valence-electron chi connectivity index (χ2n) is 13.5. The molecule has 9 aromatic rings. The predicted molar refractivity (Wildman–Crippen MR) is 214 cm³/mol. The lowest BCUT2D eigenvalue weighted by atomic mass is 9.88. The van der Waals surface area contributed by atoms with E-state index >= 15 is 0 Å². The van der Waals surface area contributed by atoms with Gasteiger partial charge in [0.15, 0.2) is 0 Å². The van der Waals surface area contributed by atoms with Crippen molar-refractivity contribution in [3.8, 4) is 27.9 Å². The second kappa shape index (κ2) is 12.3. The van der Waals surface area contributed by atoms with Crippen molar-refractivity contribution in [2.45, 2.75) is 5.92 Å². The van der Waals surface area contributed by atoms with Gasteiger partial charge in [-0.3, -0.25) is 0 Å². The van der Waals surface area contributed by atoms with Crippen LogP contribution in [0.3, 0.4) is 0 Å². The summed E-state index contributed by atoms with van der Waals surface area (Å²) >= 11 is 0. The monoisotopic (exact) mass is 668 g/mol. The van der Waals surface area contributed by atoms with Gasteiger partial charge in [-0.25, -0.2) is 4.39 Å². The fourth-order valence-electron chi connectivity index (χ4n) is 8.28. The van der Waals surface area contributed by atoms with Gasteiger partial charge in [-0.2, -0.15) is 0 Å². The number of nitrogens with zero attached hydrogens (tertiary/aromatic N) is 2. The van der Waals surface area contributed by atoms with Crippen LogP contribution in [-0.2, 0) is 0 Å². The molecule has 246 valence electrons. The molecule has 10 rings (SSSR count). The minimum Gasteiger partial charge on any atom is -0.310 e. The first-order chi connectivity index (χ1) is 25.7. The van der Waals surface area contributed by atoms with Crippen molar-refractivity contribution in [2.24, 2.45) is 0 Å². The maximum atomic E-state index is 14.0. The molecule has 1 heterocycles. The van der Waals surface area contributed by atoms with Gasteiger partial charge in [0, 0.05) is 33.8 Å². The van der Waals surface area contributed by atoms with E-state index in [1.165, 1.54) is 56.2 Å². The lowest BCUT2D eigenvalue weighted by Crippen LogP contribution is -2.14. The van der Waals surface area contributed by atoms with E-state index in [4.69, 9.17) is 0 Å². The predicted octanol–water partition coefficient (Wildman–Crippen LogP) is 13.2. The van der Waals surface area contributed by atoms with E-state index < -0.39 is 0 Å². The SMILES string of the molecule is Fc1ccc(-c2cccc(N(c3ccc4c(c3)c3ccccc3n4-c3ccccc3)c3cccc4c3C(c3ccccc3)c3ccccc3-4)c2)cc1. The Hall–Kier alpha value is -6.71. The summed E-state index contributed by atoms with van der Waals surface area (Å²) < 4.78 is 16.4. The molecule has 52 heavy (non-hydrogen) atoms. The molecule has 1 unspecified atom stereocenters. The zero-order valence-electron chi connectivity index (χ0n) is 28.3. The van der Waals surface area contributed by atoms with E-state index in [1.807, 2.05) is 12.1 Å². The number of para-hydroxylation sites is 2. The van der Waals surface area contributed by atoms with Crippen molar-refractivity contribution in [1.29, 1.82) is 0 Å². The van der Waals surface area contributed by atoms with Crippen LogP contribution in [0.2, 0.25) is 0 Å². The summed E-state index contributed by atoms with van der Waals surface area (Å²) in [6.45, 7) is 0. The van der Waals surface area contributed by atoms with Gasteiger partial charge in [-0.15, -0.1) is 0 Å². The van der Waals surface area contributed by atoms with E-state index in [2.05, 4.69) is 179 Å². The van der Waals surface area contributed by atoms with Gasteiger partial charge < -0.3 is 9.47 Å². The summed E-state index contributed by atoms with van der Waals surface area (Å²) in [5.41, 5.74) is 15.1. The third-order valence-corrected chi connectivity index (χ3v) is 10.5. The van der Waals surface area contributed by atoms with Crippen LogP contribution in [0.1, 0.15) is 22.6 Å². The molecule has 1 atom stereocenters. The van der Waals surface area contributed by atoms with Gasteiger partial charge in [-0.1, -0.05) is 127 Å². The topological polar surface area (TPSA) is 8.17 Å².